The van der Waals surface area contributed by atoms with Crippen LogP contribution in [-0.2, 0) is 0 Å². The van der Waals surface area contributed by atoms with Gasteiger partial charge in [-0.05, 0) is 59.5 Å². The van der Waals surface area contributed by atoms with Gasteiger partial charge in [-0.25, -0.2) is 19.9 Å². The van der Waals surface area contributed by atoms with Gasteiger partial charge in [-0.2, -0.15) is 0 Å². The third-order valence-electron chi connectivity index (χ3n) is 18.0. The fourth-order valence-corrected chi connectivity index (χ4v) is 14.6. The van der Waals surface area contributed by atoms with Crippen LogP contribution >= 0.6 is 0 Å². The molecule has 18 rings (SSSR count). The molecule has 1 saturated carbocycles. The summed E-state index contributed by atoms with van der Waals surface area (Å²) < 4.78 is 7.42. The van der Waals surface area contributed by atoms with Crippen molar-refractivity contribution in [1.29, 1.82) is 0 Å². The second-order valence-corrected chi connectivity index (χ2v) is 22.3. The maximum absolute atomic E-state index is 6.59. The average molecular weight is 1060 g/mol. The van der Waals surface area contributed by atoms with Crippen LogP contribution in [0.1, 0.15) is 30.7 Å². The topological polar surface area (TPSA) is 69.6 Å². The summed E-state index contributed by atoms with van der Waals surface area (Å²) in [5, 5.41) is 11.5. The molecule has 83 heavy (non-hydrogen) atoms. The predicted octanol–water partition coefficient (Wildman–Crippen LogP) is 18.7. The summed E-state index contributed by atoms with van der Waals surface area (Å²) in [6.45, 7) is 0. The minimum absolute atomic E-state index is 0.0845. The highest BCUT2D eigenvalue weighted by Crippen LogP contribution is 2.59. The van der Waals surface area contributed by atoms with Gasteiger partial charge in [-0.15, -0.1) is 0 Å². The normalized spacial score (nSPS) is 15.1. The minimum atomic E-state index is 0.0845. The summed E-state index contributed by atoms with van der Waals surface area (Å²) >= 11 is 0. The van der Waals surface area contributed by atoms with E-state index in [2.05, 4.69) is 273 Å². The standard InChI is InChI=1S/C75H50N8/c1-3-24-48(25-4-1)71-76-72(49-26-5-2-6-27-49)78-73(77-71)66-69(80-60-36-16-11-30-52(60)53-31-12-17-37-61(53)80)75(83-65-40-20-15-34-56(65)59-45-43-47-23-8-10-29-51(47)68(59)83)79-74(81-62-38-18-13-32-54(62)55-33-14-19-39-63(55)81)70(66)82-64-41-21-35-57(64)58-44-42-46-22-7-9-28-50(46)67(58)82/h1-20,22-34,36-40,42-45,57,64H,21,35,41H2. The first-order valence-electron chi connectivity index (χ1n) is 28.9. The fourth-order valence-electron chi connectivity index (χ4n) is 14.6. The first-order chi connectivity index (χ1) is 41.2. The Morgan fingerprint density at radius 2 is 0.735 bits per heavy atom. The summed E-state index contributed by atoms with van der Waals surface area (Å²) in [5.74, 6) is 3.52. The van der Waals surface area contributed by atoms with E-state index in [1.807, 2.05) is 0 Å². The molecule has 6 heterocycles. The molecule has 390 valence electrons. The van der Waals surface area contributed by atoms with Crippen LogP contribution in [0.3, 0.4) is 0 Å². The third-order valence-corrected chi connectivity index (χ3v) is 18.0. The molecule has 16 aromatic rings. The number of benzene rings is 11. The van der Waals surface area contributed by atoms with Crippen molar-refractivity contribution in [3.05, 3.63) is 260 Å². The maximum Gasteiger partial charge on any atom is 0.168 e. The van der Waals surface area contributed by atoms with Crippen molar-refractivity contribution in [2.75, 3.05) is 4.90 Å². The molecule has 1 aliphatic carbocycles. The predicted molar refractivity (Wildman–Crippen MR) is 341 cm³/mol. The molecule has 2 unspecified atom stereocenters. The molecule has 0 amide bonds. The lowest BCUT2D eigenvalue weighted by Crippen LogP contribution is -2.30. The van der Waals surface area contributed by atoms with Gasteiger partial charge in [-0.3, -0.25) is 9.13 Å². The van der Waals surface area contributed by atoms with Crippen molar-refractivity contribution in [2.24, 2.45) is 0 Å². The highest BCUT2D eigenvalue weighted by atomic mass is 15.3. The SMILES string of the molecule is c1ccc(-c2nc(-c3ccccc3)nc(-c3c(N4c5c(ccc6ccccc56)C5CCCC54)c(-n4c5ccccc5c5ccccc54)nc(-n4c5ccccc5c5ccc6ccccc6c54)c3-n3c4ccccc4c4ccccc43)n2)cc1. The number of hydrogen-bond donors (Lipinski definition) is 0. The molecule has 2 atom stereocenters. The van der Waals surface area contributed by atoms with Crippen LogP contribution in [0.2, 0.25) is 0 Å². The van der Waals surface area contributed by atoms with Gasteiger partial charge in [0.2, 0.25) is 0 Å². The van der Waals surface area contributed by atoms with Crippen LogP contribution in [0.15, 0.2) is 255 Å². The number of anilines is 2. The van der Waals surface area contributed by atoms with E-state index in [4.69, 9.17) is 19.9 Å². The van der Waals surface area contributed by atoms with Crippen LogP contribution in [0, 0.1) is 0 Å². The van der Waals surface area contributed by atoms with Crippen LogP contribution in [0.4, 0.5) is 11.4 Å². The molecule has 11 aromatic carbocycles. The Labute approximate surface area is 477 Å². The van der Waals surface area contributed by atoms with E-state index in [0.717, 1.165) is 135 Å². The lowest BCUT2D eigenvalue weighted by Gasteiger charge is -2.34. The molecule has 8 heteroatoms. The molecule has 2 aliphatic rings. The van der Waals surface area contributed by atoms with E-state index in [1.165, 1.54) is 22.0 Å². The number of fused-ring (bicyclic) bond motifs is 16. The highest BCUT2D eigenvalue weighted by Gasteiger charge is 2.47. The lowest BCUT2D eigenvalue weighted by molar-refractivity contribution is 0.640. The van der Waals surface area contributed by atoms with Gasteiger partial charge in [0.25, 0.3) is 0 Å². The van der Waals surface area contributed by atoms with E-state index < -0.39 is 0 Å². The smallest absolute Gasteiger partial charge is 0.168 e. The Balaban J connectivity index is 1.16. The summed E-state index contributed by atoms with van der Waals surface area (Å²) in [6.07, 6.45) is 3.17. The van der Waals surface area contributed by atoms with Crippen molar-refractivity contribution >= 4 is 98.3 Å². The summed E-state index contributed by atoms with van der Waals surface area (Å²) in [4.78, 5) is 26.5. The molecule has 5 aromatic heterocycles. The first kappa shape index (κ1) is 46.1. The fraction of sp³-hybridized carbons (Fsp3) is 0.0667. The average Bonchev–Trinajstić information content (AvgIpc) is 4.00. The molecule has 1 fully saturated rings. The third kappa shape index (κ3) is 6.69. The molecule has 0 N–H and O–H groups in total. The summed E-state index contributed by atoms with van der Waals surface area (Å²) in [7, 11) is 0. The van der Waals surface area contributed by atoms with Gasteiger partial charge in [-0.1, -0.05) is 231 Å². The Bertz CT molecular complexity index is 5180. The largest absolute Gasteiger partial charge is 0.333 e. The van der Waals surface area contributed by atoms with Gasteiger partial charge >= 0.3 is 0 Å². The minimum Gasteiger partial charge on any atom is -0.333 e. The van der Waals surface area contributed by atoms with Gasteiger partial charge in [0.15, 0.2) is 29.1 Å². The number of nitrogens with zero attached hydrogens (tertiary/aromatic N) is 8. The molecule has 8 nitrogen and oxygen atoms in total. The van der Waals surface area contributed by atoms with E-state index in [-0.39, 0.29) is 12.0 Å². The Hall–Kier alpha value is -10.7. The second-order valence-electron chi connectivity index (χ2n) is 22.3. The Morgan fingerprint density at radius 1 is 0.301 bits per heavy atom. The number of para-hydroxylation sites is 5. The Kier molecular flexibility index (Phi) is 9.94. The lowest BCUT2D eigenvalue weighted by atomic mass is 9.95. The van der Waals surface area contributed by atoms with Crippen molar-refractivity contribution < 1.29 is 0 Å². The monoisotopic (exact) mass is 1060 g/mol. The van der Waals surface area contributed by atoms with Crippen LogP contribution in [0.25, 0.3) is 138 Å². The second kappa shape index (κ2) is 17.9. The van der Waals surface area contributed by atoms with Gasteiger partial charge < -0.3 is 9.47 Å². The van der Waals surface area contributed by atoms with Crippen LogP contribution < -0.4 is 4.90 Å². The quantitative estimate of drug-likeness (QED) is 0.159. The zero-order valence-corrected chi connectivity index (χ0v) is 45.1. The highest BCUT2D eigenvalue weighted by molar-refractivity contribution is 6.20. The van der Waals surface area contributed by atoms with E-state index in [1.54, 1.807) is 0 Å². The number of aromatic nitrogens is 7. The molecule has 0 bridgehead atoms. The Morgan fingerprint density at radius 3 is 1.31 bits per heavy atom. The first-order valence-corrected chi connectivity index (χ1v) is 28.9. The molecule has 0 spiro atoms. The molecular formula is C75H50N8. The van der Waals surface area contributed by atoms with Gasteiger partial charge in [0.1, 0.15) is 5.69 Å². The van der Waals surface area contributed by atoms with Gasteiger partial charge in [0.05, 0.1) is 50.0 Å². The molecule has 1 aliphatic heterocycles. The van der Waals surface area contributed by atoms with Crippen LogP contribution in [0.5, 0.6) is 0 Å². The maximum atomic E-state index is 6.59. The summed E-state index contributed by atoms with van der Waals surface area (Å²) in [6, 6.07) is 92.3. The number of hydrogen-bond acceptors (Lipinski definition) is 5. The van der Waals surface area contributed by atoms with Crippen molar-refractivity contribution in [1.82, 2.24) is 33.6 Å². The summed E-state index contributed by atoms with van der Waals surface area (Å²) in [5.41, 5.74) is 13.4. The zero-order valence-electron chi connectivity index (χ0n) is 45.1. The number of pyridine rings is 1. The van der Waals surface area contributed by atoms with E-state index in [0.29, 0.717) is 17.5 Å². The zero-order chi connectivity index (χ0) is 54.3. The van der Waals surface area contributed by atoms with E-state index >= 15 is 0 Å². The molecular weight excluding hydrogens is 1010 g/mol. The van der Waals surface area contributed by atoms with Crippen molar-refractivity contribution in [3.8, 4) is 51.5 Å². The number of rotatable bonds is 7. The van der Waals surface area contributed by atoms with Gasteiger partial charge in [0, 0.05) is 66.2 Å². The molecule has 0 saturated heterocycles. The van der Waals surface area contributed by atoms with Crippen LogP contribution in [-0.4, -0.2) is 39.7 Å². The van der Waals surface area contributed by atoms with Crippen molar-refractivity contribution in [3.63, 3.8) is 0 Å². The molecule has 0 radical (unpaired) electrons. The van der Waals surface area contributed by atoms with E-state index in [9.17, 15) is 0 Å². The van der Waals surface area contributed by atoms with Crippen molar-refractivity contribution in [2.45, 2.75) is 31.2 Å².